The number of nitrogens with zero attached hydrogens (tertiary/aromatic N) is 1. The fourth-order valence-electron chi connectivity index (χ4n) is 2.09. The first-order chi connectivity index (χ1) is 9.86. The summed E-state index contributed by atoms with van der Waals surface area (Å²) in [5.74, 6) is -0.478. The predicted molar refractivity (Wildman–Crippen MR) is 82.3 cm³/mol. The average Bonchev–Trinajstić information content (AvgIpc) is 2.78. The number of aryl methyl sites for hydroxylation is 1. The number of aliphatic carboxylic acids is 1. The van der Waals surface area contributed by atoms with Gasteiger partial charge in [-0.05, 0) is 25.2 Å². The minimum absolute atomic E-state index is 0.0460. The van der Waals surface area contributed by atoms with Gasteiger partial charge in [-0.2, -0.15) is 0 Å². The summed E-state index contributed by atoms with van der Waals surface area (Å²) in [6.45, 7) is 6.80. The number of carbonyl (C=O) groups excluding carboxylic acids is 1. The molecule has 0 aliphatic heterocycles. The number of aromatic nitrogens is 1. The minimum atomic E-state index is -0.832. The topological polar surface area (TPSA) is 91.3 Å². The molecule has 0 aliphatic rings. The Morgan fingerprint density at radius 2 is 2.10 bits per heavy atom. The van der Waals surface area contributed by atoms with Crippen molar-refractivity contribution in [2.75, 3.05) is 6.54 Å². The van der Waals surface area contributed by atoms with E-state index in [4.69, 9.17) is 5.11 Å². The van der Waals surface area contributed by atoms with Gasteiger partial charge >= 0.3 is 12.0 Å². The molecule has 3 N–H and O–H groups in total. The Morgan fingerprint density at radius 3 is 2.62 bits per heavy atom. The number of carbonyl (C=O) groups is 2. The summed E-state index contributed by atoms with van der Waals surface area (Å²) in [6.07, 6.45) is 2.62. The van der Waals surface area contributed by atoms with Crippen molar-refractivity contribution in [1.29, 1.82) is 0 Å². The van der Waals surface area contributed by atoms with Crippen LogP contribution in [0, 0.1) is 18.8 Å². The Balaban J connectivity index is 2.33. The van der Waals surface area contributed by atoms with Gasteiger partial charge in [-0.15, -0.1) is 11.3 Å². The molecule has 2 amide bonds. The normalized spacial score (nSPS) is 12.2. The molecular formula is C14H23N3O3S. The first kappa shape index (κ1) is 17.4. The van der Waals surface area contributed by atoms with Crippen LogP contribution in [0.4, 0.5) is 4.79 Å². The summed E-state index contributed by atoms with van der Waals surface area (Å²) in [7, 11) is 0. The third kappa shape index (κ3) is 7.65. The van der Waals surface area contributed by atoms with E-state index >= 15 is 0 Å². The van der Waals surface area contributed by atoms with Crippen LogP contribution in [0.5, 0.6) is 0 Å². The van der Waals surface area contributed by atoms with Crippen LogP contribution < -0.4 is 10.6 Å². The zero-order valence-electron chi connectivity index (χ0n) is 12.7. The van der Waals surface area contributed by atoms with Crippen molar-refractivity contribution >= 4 is 23.3 Å². The van der Waals surface area contributed by atoms with Gasteiger partial charge in [0.2, 0.25) is 0 Å². The Labute approximate surface area is 129 Å². The SMILES string of the molecule is Cc1cnc(CNC(=O)NCC(CC(=O)O)CC(C)C)s1. The van der Waals surface area contributed by atoms with E-state index in [2.05, 4.69) is 15.6 Å². The quantitative estimate of drug-likeness (QED) is 0.687. The molecule has 0 saturated carbocycles. The summed E-state index contributed by atoms with van der Waals surface area (Å²) in [6, 6.07) is -0.290. The molecule has 0 spiro atoms. The largest absolute Gasteiger partial charge is 0.481 e. The Bertz CT molecular complexity index is 474. The zero-order chi connectivity index (χ0) is 15.8. The van der Waals surface area contributed by atoms with E-state index in [1.807, 2.05) is 20.8 Å². The van der Waals surface area contributed by atoms with Crippen molar-refractivity contribution in [3.8, 4) is 0 Å². The lowest BCUT2D eigenvalue weighted by Crippen LogP contribution is -2.38. The number of thiazole rings is 1. The van der Waals surface area contributed by atoms with Gasteiger partial charge in [0, 0.05) is 24.0 Å². The minimum Gasteiger partial charge on any atom is -0.481 e. The van der Waals surface area contributed by atoms with E-state index in [1.54, 1.807) is 6.20 Å². The zero-order valence-corrected chi connectivity index (χ0v) is 13.5. The first-order valence-corrected chi connectivity index (χ1v) is 7.83. The van der Waals surface area contributed by atoms with E-state index in [-0.39, 0.29) is 18.4 Å². The monoisotopic (exact) mass is 313 g/mol. The molecule has 0 fully saturated rings. The van der Waals surface area contributed by atoms with E-state index in [9.17, 15) is 9.59 Å². The second-order valence-electron chi connectivity index (χ2n) is 5.52. The van der Waals surface area contributed by atoms with Crippen molar-refractivity contribution in [2.24, 2.45) is 11.8 Å². The van der Waals surface area contributed by atoms with Crippen LogP contribution in [-0.4, -0.2) is 28.6 Å². The van der Waals surface area contributed by atoms with Crippen LogP contribution in [0.1, 0.15) is 36.6 Å². The molecule has 0 aliphatic carbocycles. The molecule has 0 saturated heterocycles. The number of rotatable bonds is 8. The lowest BCUT2D eigenvalue weighted by atomic mass is 9.94. The highest BCUT2D eigenvalue weighted by Gasteiger charge is 2.16. The maximum absolute atomic E-state index is 11.7. The number of carboxylic acid groups (broad SMARTS) is 1. The summed E-state index contributed by atoms with van der Waals surface area (Å²) in [5.41, 5.74) is 0. The molecular weight excluding hydrogens is 290 g/mol. The van der Waals surface area contributed by atoms with Gasteiger partial charge in [0.25, 0.3) is 0 Å². The average molecular weight is 313 g/mol. The van der Waals surface area contributed by atoms with Crippen LogP contribution in [0.15, 0.2) is 6.20 Å². The predicted octanol–water partition coefficient (Wildman–Crippen LogP) is 2.39. The van der Waals surface area contributed by atoms with Crippen molar-refractivity contribution < 1.29 is 14.7 Å². The molecule has 0 radical (unpaired) electrons. The molecule has 0 aromatic carbocycles. The standard InChI is InChI=1S/C14H23N3O3S/c1-9(2)4-11(5-13(18)19)7-16-14(20)17-8-12-15-6-10(3)21-12/h6,9,11H,4-5,7-8H2,1-3H3,(H,18,19)(H2,16,17,20). The molecule has 118 valence electrons. The smallest absolute Gasteiger partial charge is 0.315 e. The lowest BCUT2D eigenvalue weighted by molar-refractivity contribution is -0.138. The molecule has 6 nitrogen and oxygen atoms in total. The first-order valence-electron chi connectivity index (χ1n) is 7.01. The van der Waals surface area contributed by atoms with Crippen LogP contribution in [0.25, 0.3) is 0 Å². The van der Waals surface area contributed by atoms with Gasteiger partial charge in [-0.25, -0.2) is 9.78 Å². The van der Waals surface area contributed by atoms with Gasteiger partial charge in [0.05, 0.1) is 6.54 Å². The highest BCUT2D eigenvalue weighted by Crippen LogP contribution is 2.14. The molecule has 1 aromatic rings. The molecule has 1 aromatic heterocycles. The summed E-state index contributed by atoms with van der Waals surface area (Å²) in [5, 5.41) is 15.2. The van der Waals surface area contributed by atoms with Gasteiger partial charge in [0.15, 0.2) is 0 Å². The van der Waals surface area contributed by atoms with E-state index in [1.165, 1.54) is 11.3 Å². The van der Waals surface area contributed by atoms with Gasteiger partial charge in [-0.1, -0.05) is 13.8 Å². The number of hydrogen-bond donors (Lipinski definition) is 3. The second-order valence-corrected chi connectivity index (χ2v) is 6.84. The summed E-state index contributed by atoms with van der Waals surface area (Å²) < 4.78 is 0. The van der Waals surface area contributed by atoms with E-state index < -0.39 is 5.97 Å². The molecule has 21 heavy (non-hydrogen) atoms. The number of nitrogens with one attached hydrogen (secondary N) is 2. The highest BCUT2D eigenvalue weighted by molar-refractivity contribution is 7.11. The maximum Gasteiger partial charge on any atom is 0.315 e. The van der Waals surface area contributed by atoms with Gasteiger partial charge in [-0.3, -0.25) is 4.79 Å². The molecule has 1 unspecified atom stereocenters. The highest BCUT2D eigenvalue weighted by atomic mass is 32.1. The van der Waals surface area contributed by atoms with Crippen molar-refractivity contribution in [3.63, 3.8) is 0 Å². The number of amides is 2. The Hall–Kier alpha value is -1.63. The summed E-state index contributed by atoms with van der Waals surface area (Å²) >= 11 is 1.54. The molecule has 1 rings (SSSR count). The van der Waals surface area contributed by atoms with Crippen LogP contribution >= 0.6 is 11.3 Å². The van der Waals surface area contributed by atoms with E-state index in [0.29, 0.717) is 19.0 Å². The van der Waals surface area contributed by atoms with Crippen molar-refractivity contribution in [2.45, 2.75) is 40.2 Å². The van der Waals surface area contributed by atoms with Crippen LogP contribution in [-0.2, 0) is 11.3 Å². The van der Waals surface area contributed by atoms with Gasteiger partial charge < -0.3 is 15.7 Å². The van der Waals surface area contributed by atoms with E-state index in [0.717, 1.165) is 16.3 Å². The van der Waals surface area contributed by atoms with Crippen molar-refractivity contribution in [3.05, 3.63) is 16.1 Å². The second kappa shape index (κ2) is 8.61. The number of hydrogen-bond acceptors (Lipinski definition) is 4. The van der Waals surface area contributed by atoms with Crippen LogP contribution in [0.3, 0.4) is 0 Å². The van der Waals surface area contributed by atoms with Gasteiger partial charge in [0.1, 0.15) is 5.01 Å². The maximum atomic E-state index is 11.7. The third-order valence-corrected chi connectivity index (χ3v) is 3.80. The number of carboxylic acids is 1. The Kier molecular flexibility index (Phi) is 7.14. The van der Waals surface area contributed by atoms with Crippen LogP contribution in [0.2, 0.25) is 0 Å². The fourth-order valence-corrected chi connectivity index (χ4v) is 2.82. The molecule has 0 bridgehead atoms. The molecule has 1 heterocycles. The molecule has 7 heteroatoms. The van der Waals surface area contributed by atoms with Crippen molar-refractivity contribution in [1.82, 2.24) is 15.6 Å². The Morgan fingerprint density at radius 1 is 1.38 bits per heavy atom. The summed E-state index contributed by atoms with van der Waals surface area (Å²) in [4.78, 5) is 27.8. The fraction of sp³-hybridized carbons (Fsp3) is 0.643. The lowest BCUT2D eigenvalue weighted by Gasteiger charge is -2.17. The number of urea groups is 1. The molecule has 1 atom stereocenters. The third-order valence-electron chi connectivity index (χ3n) is 2.89.